The van der Waals surface area contributed by atoms with Crippen LogP contribution in [0, 0.1) is 24.0 Å². The van der Waals surface area contributed by atoms with E-state index in [0.717, 1.165) is 18.2 Å². The summed E-state index contributed by atoms with van der Waals surface area (Å²) in [6.07, 6.45) is 2.06. The molecule has 3 atom stereocenters. The van der Waals surface area contributed by atoms with E-state index in [1.165, 1.54) is 17.2 Å². The van der Waals surface area contributed by atoms with Crippen molar-refractivity contribution in [2.45, 2.75) is 44.8 Å². The van der Waals surface area contributed by atoms with Gasteiger partial charge in [0.15, 0.2) is 0 Å². The summed E-state index contributed by atoms with van der Waals surface area (Å²) in [5.41, 5.74) is -0.516. The Bertz CT molecular complexity index is 982. The molecule has 2 aliphatic rings. The molecule has 1 aromatic carbocycles. The maximum absolute atomic E-state index is 13.6. The molecule has 30 heavy (non-hydrogen) atoms. The van der Waals surface area contributed by atoms with E-state index in [2.05, 4.69) is 15.3 Å². The van der Waals surface area contributed by atoms with Gasteiger partial charge in [-0.2, -0.15) is 0 Å². The van der Waals surface area contributed by atoms with Crippen molar-refractivity contribution in [3.63, 3.8) is 0 Å². The number of carbonyl (C=O) groups is 2. The van der Waals surface area contributed by atoms with Gasteiger partial charge in [0.2, 0.25) is 5.91 Å². The van der Waals surface area contributed by atoms with Crippen molar-refractivity contribution in [2.24, 2.45) is 5.41 Å². The van der Waals surface area contributed by atoms with Crippen LogP contribution in [-0.2, 0) is 4.79 Å². The second-order valence-corrected chi connectivity index (χ2v) is 8.07. The Morgan fingerprint density at radius 1 is 1.27 bits per heavy atom. The largest absolute Gasteiger partial charge is 0.393 e. The van der Waals surface area contributed by atoms with Gasteiger partial charge in [0.1, 0.15) is 23.2 Å². The molecule has 2 amide bonds. The summed E-state index contributed by atoms with van der Waals surface area (Å²) in [5, 5.41) is 13.3. The van der Waals surface area contributed by atoms with Gasteiger partial charge in [-0.1, -0.05) is 0 Å². The molecule has 1 unspecified atom stereocenters. The average molecular weight is 416 g/mol. The topological polar surface area (TPSA) is 95.4 Å². The first-order valence-electron chi connectivity index (χ1n) is 9.82. The van der Waals surface area contributed by atoms with Gasteiger partial charge in [0, 0.05) is 30.5 Å². The Hall–Kier alpha value is -2.94. The predicted octanol–water partition coefficient (Wildman–Crippen LogP) is 2.13. The lowest BCUT2D eigenvalue weighted by atomic mass is 9.69. The van der Waals surface area contributed by atoms with Crippen LogP contribution in [0.2, 0.25) is 0 Å². The number of aryl methyl sites for hydroxylation is 1. The van der Waals surface area contributed by atoms with E-state index >= 15 is 0 Å². The van der Waals surface area contributed by atoms with E-state index in [1.54, 1.807) is 6.92 Å². The maximum Gasteiger partial charge on any atom is 0.270 e. The third-order valence-electron chi connectivity index (χ3n) is 5.84. The summed E-state index contributed by atoms with van der Waals surface area (Å²) in [6, 6.07) is 4.07. The highest BCUT2D eigenvalue weighted by Gasteiger charge is 2.52. The van der Waals surface area contributed by atoms with Crippen molar-refractivity contribution in [1.29, 1.82) is 0 Å². The Morgan fingerprint density at radius 3 is 2.70 bits per heavy atom. The Kier molecular flexibility index (Phi) is 5.23. The highest BCUT2D eigenvalue weighted by Crippen LogP contribution is 2.46. The lowest BCUT2D eigenvalue weighted by molar-refractivity contribution is -0.130. The number of nitrogens with one attached hydrogen (secondary N) is 1. The molecule has 7 nitrogen and oxygen atoms in total. The Morgan fingerprint density at radius 2 is 2.00 bits per heavy atom. The average Bonchev–Trinajstić information content (AvgIpc) is 2.96. The van der Waals surface area contributed by atoms with Crippen molar-refractivity contribution >= 4 is 17.5 Å². The molecule has 4 rings (SSSR count). The summed E-state index contributed by atoms with van der Waals surface area (Å²) in [6.45, 7) is 1.97. The fourth-order valence-electron chi connectivity index (χ4n) is 4.59. The second kappa shape index (κ2) is 7.71. The summed E-state index contributed by atoms with van der Waals surface area (Å²) in [5.74, 6) is -1.74. The van der Waals surface area contributed by atoms with E-state index in [9.17, 15) is 23.5 Å². The lowest BCUT2D eigenvalue weighted by Crippen LogP contribution is -2.50. The van der Waals surface area contributed by atoms with Gasteiger partial charge in [0.25, 0.3) is 5.91 Å². The maximum atomic E-state index is 13.6. The summed E-state index contributed by atoms with van der Waals surface area (Å²) < 4.78 is 27.2. The number of halogens is 2. The van der Waals surface area contributed by atoms with Crippen LogP contribution in [0.3, 0.4) is 0 Å². The Labute approximate surface area is 172 Å². The summed E-state index contributed by atoms with van der Waals surface area (Å²) >= 11 is 0. The van der Waals surface area contributed by atoms with E-state index in [4.69, 9.17) is 0 Å². The van der Waals surface area contributed by atoms with Gasteiger partial charge in [-0.15, -0.1) is 0 Å². The number of hydrogen-bond donors (Lipinski definition) is 2. The van der Waals surface area contributed by atoms with Crippen molar-refractivity contribution in [1.82, 2.24) is 15.3 Å². The number of aliphatic hydroxyl groups excluding tert-OH is 1. The molecular formula is C21H22F2N4O3. The van der Waals surface area contributed by atoms with Crippen LogP contribution in [0.25, 0.3) is 0 Å². The molecule has 1 aliphatic carbocycles. The molecule has 2 N–H and O–H groups in total. The number of benzene rings is 1. The molecule has 1 saturated heterocycles. The zero-order valence-electron chi connectivity index (χ0n) is 16.4. The molecule has 158 valence electrons. The minimum Gasteiger partial charge on any atom is -0.393 e. The number of nitrogens with zero attached hydrogens (tertiary/aromatic N) is 3. The molecule has 1 aromatic heterocycles. The van der Waals surface area contributed by atoms with Crippen LogP contribution in [-0.4, -0.2) is 45.6 Å². The number of anilines is 1. The van der Waals surface area contributed by atoms with E-state index in [0.29, 0.717) is 31.6 Å². The minimum absolute atomic E-state index is 0.159. The Balaban J connectivity index is 1.52. The van der Waals surface area contributed by atoms with Crippen LogP contribution in [0.5, 0.6) is 0 Å². The first-order chi connectivity index (χ1) is 14.3. The lowest BCUT2D eigenvalue weighted by Gasteiger charge is -2.39. The predicted molar refractivity (Wildman–Crippen MR) is 104 cm³/mol. The number of aromatic nitrogens is 2. The quantitative estimate of drug-likeness (QED) is 0.799. The number of hydrogen-bond acceptors (Lipinski definition) is 5. The van der Waals surface area contributed by atoms with Gasteiger partial charge in [-0.05, 0) is 50.8 Å². The van der Waals surface area contributed by atoms with Gasteiger partial charge in [-0.3, -0.25) is 9.59 Å². The standard InChI is InChI=1S/C21H22F2N4O3/c1-12-24-4-2-18(25-12)19(29)26-15-9-17(28)11-21(10-15)3-5-27(20(21)30)16-7-13(22)6-14(23)8-16/h2,4,6-8,15,17,28H,3,5,9-11H2,1H3,(H,26,29)/t15-,17?,21-/m0/s1. The van der Waals surface area contributed by atoms with Gasteiger partial charge >= 0.3 is 0 Å². The molecule has 1 aliphatic heterocycles. The van der Waals surface area contributed by atoms with Crippen LogP contribution in [0.4, 0.5) is 14.5 Å². The van der Waals surface area contributed by atoms with Crippen molar-refractivity contribution in [2.75, 3.05) is 11.4 Å². The number of carbonyl (C=O) groups excluding carboxylic acids is 2. The van der Waals surface area contributed by atoms with E-state index < -0.39 is 35.1 Å². The van der Waals surface area contributed by atoms with Crippen LogP contribution in [0.15, 0.2) is 30.5 Å². The van der Waals surface area contributed by atoms with Crippen molar-refractivity contribution in [3.8, 4) is 0 Å². The van der Waals surface area contributed by atoms with Gasteiger partial charge < -0.3 is 15.3 Å². The van der Waals surface area contributed by atoms with E-state index in [1.807, 2.05) is 0 Å². The first kappa shape index (κ1) is 20.3. The van der Waals surface area contributed by atoms with Crippen LogP contribution < -0.4 is 10.2 Å². The molecule has 1 spiro atoms. The second-order valence-electron chi connectivity index (χ2n) is 8.07. The normalized spacial score (nSPS) is 26.3. The molecule has 2 fully saturated rings. The summed E-state index contributed by atoms with van der Waals surface area (Å²) in [4.78, 5) is 35.2. The molecule has 1 saturated carbocycles. The molecule has 0 bridgehead atoms. The first-order valence-corrected chi connectivity index (χ1v) is 9.82. The fourth-order valence-corrected chi connectivity index (χ4v) is 4.59. The molecule has 9 heteroatoms. The zero-order valence-corrected chi connectivity index (χ0v) is 16.4. The monoisotopic (exact) mass is 416 g/mol. The SMILES string of the molecule is Cc1nccc(C(=O)N[C@H]2CC(O)C[C@]3(CCN(c4cc(F)cc(F)c4)C3=O)C2)n1. The van der Waals surface area contributed by atoms with E-state index in [-0.39, 0.29) is 23.7 Å². The fraction of sp³-hybridized carbons (Fsp3) is 0.429. The van der Waals surface area contributed by atoms with Crippen LogP contribution in [0.1, 0.15) is 42.0 Å². The molecule has 2 heterocycles. The summed E-state index contributed by atoms with van der Waals surface area (Å²) in [7, 11) is 0. The number of amides is 2. The van der Waals surface area contributed by atoms with Gasteiger partial charge in [0.05, 0.1) is 11.5 Å². The number of aliphatic hydroxyl groups is 1. The molecular weight excluding hydrogens is 394 g/mol. The smallest absolute Gasteiger partial charge is 0.270 e. The highest BCUT2D eigenvalue weighted by atomic mass is 19.1. The van der Waals surface area contributed by atoms with Gasteiger partial charge in [-0.25, -0.2) is 18.7 Å². The van der Waals surface area contributed by atoms with Crippen LogP contribution >= 0.6 is 0 Å². The third-order valence-corrected chi connectivity index (χ3v) is 5.84. The molecule has 0 radical (unpaired) electrons. The van der Waals surface area contributed by atoms with Crippen molar-refractivity contribution < 1.29 is 23.5 Å². The number of rotatable bonds is 3. The highest BCUT2D eigenvalue weighted by molar-refractivity contribution is 6.00. The minimum atomic E-state index is -0.889. The zero-order chi connectivity index (χ0) is 21.5. The van der Waals surface area contributed by atoms with Crippen molar-refractivity contribution in [3.05, 3.63) is 53.6 Å². The third kappa shape index (κ3) is 3.89. The molecule has 2 aromatic rings.